The summed E-state index contributed by atoms with van der Waals surface area (Å²) in [7, 11) is 1.64. The zero-order chi connectivity index (χ0) is 15.8. The van der Waals surface area contributed by atoms with E-state index in [1.54, 1.807) is 7.05 Å². The number of hydrogen-bond acceptors (Lipinski definition) is 3. The van der Waals surface area contributed by atoms with Gasteiger partial charge in [-0.05, 0) is 42.4 Å². The fourth-order valence-corrected chi connectivity index (χ4v) is 3.44. The molecule has 0 atom stereocenters. The first-order chi connectivity index (χ1) is 10.7. The van der Waals surface area contributed by atoms with Gasteiger partial charge in [-0.25, -0.2) is 0 Å². The average molecular weight is 304 g/mol. The fraction of sp³-hybridized carbons (Fsp3) is 0.611. The van der Waals surface area contributed by atoms with Gasteiger partial charge in [-0.2, -0.15) is 0 Å². The third-order valence-electron chi connectivity index (χ3n) is 4.83. The summed E-state index contributed by atoms with van der Waals surface area (Å²) in [6.07, 6.45) is 7.22. The Bertz CT molecular complexity index is 459. The highest BCUT2D eigenvalue weighted by Gasteiger charge is 2.30. The van der Waals surface area contributed by atoms with Crippen molar-refractivity contribution in [2.45, 2.75) is 45.1 Å². The lowest BCUT2D eigenvalue weighted by atomic mass is 9.72. The molecule has 3 N–H and O–H groups in total. The number of aliphatic hydroxyl groups is 1. The van der Waals surface area contributed by atoms with E-state index in [1.165, 1.54) is 37.7 Å². The first kappa shape index (κ1) is 17.0. The average Bonchev–Trinajstić information content (AvgIpc) is 2.56. The molecule has 1 fully saturated rings. The van der Waals surface area contributed by atoms with Crippen LogP contribution in [0.2, 0.25) is 0 Å². The van der Waals surface area contributed by atoms with Crippen LogP contribution in [0, 0.1) is 5.41 Å². The van der Waals surface area contributed by atoms with Crippen LogP contribution in [0.4, 0.5) is 0 Å². The van der Waals surface area contributed by atoms with Crippen molar-refractivity contribution in [3.8, 4) is 0 Å². The monoisotopic (exact) mass is 304 g/mol. The van der Waals surface area contributed by atoms with Crippen molar-refractivity contribution in [1.82, 2.24) is 10.6 Å². The topological polar surface area (TPSA) is 61.4 Å². The van der Waals surface area contributed by atoms with Crippen LogP contribution in [0.1, 0.15) is 54.4 Å². The normalized spacial score (nSPS) is 17.2. The van der Waals surface area contributed by atoms with Crippen molar-refractivity contribution < 1.29 is 9.90 Å². The minimum Gasteiger partial charge on any atom is -0.396 e. The second kappa shape index (κ2) is 8.30. The molecule has 4 heteroatoms. The molecule has 1 aliphatic carbocycles. The summed E-state index contributed by atoms with van der Waals surface area (Å²) in [6, 6.07) is 7.72. The van der Waals surface area contributed by atoms with Crippen molar-refractivity contribution in [3.05, 3.63) is 35.4 Å². The number of amides is 1. The summed E-state index contributed by atoms with van der Waals surface area (Å²) < 4.78 is 0. The molecular formula is C18H28N2O2. The maximum atomic E-state index is 11.5. The lowest BCUT2D eigenvalue weighted by Crippen LogP contribution is -2.36. The molecule has 0 saturated heterocycles. The molecule has 1 aromatic rings. The van der Waals surface area contributed by atoms with Crippen molar-refractivity contribution in [1.29, 1.82) is 0 Å². The number of rotatable bonds is 7. The summed E-state index contributed by atoms with van der Waals surface area (Å²) in [5.74, 6) is -0.0522. The van der Waals surface area contributed by atoms with Gasteiger partial charge in [0.15, 0.2) is 0 Å². The number of benzene rings is 1. The van der Waals surface area contributed by atoms with Gasteiger partial charge in [0.25, 0.3) is 5.91 Å². The van der Waals surface area contributed by atoms with Gasteiger partial charge in [0, 0.05) is 32.3 Å². The SMILES string of the molecule is CNC(=O)c1ccc(CNCC2(CCO)CCCCC2)cc1. The Labute approximate surface area is 133 Å². The maximum absolute atomic E-state index is 11.5. The summed E-state index contributed by atoms with van der Waals surface area (Å²) in [5.41, 5.74) is 2.15. The van der Waals surface area contributed by atoms with Gasteiger partial charge >= 0.3 is 0 Å². The first-order valence-electron chi connectivity index (χ1n) is 8.32. The number of hydrogen-bond donors (Lipinski definition) is 3. The van der Waals surface area contributed by atoms with E-state index in [0.717, 1.165) is 19.5 Å². The minimum atomic E-state index is -0.0522. The first-order valence-corrected chi connectivity index (χ1v) is 8.32. The molecule has 4 nitrogen and oxygen atoms in total. The third-order valence-corrected chi connectivity index (χ3v) is 4.83. The van der Waals surface area contributed by atoms with E-state index in [1.807, 2.05) is 24.3 Å². The molecule has 0 unspecified atom stereocenters. The Balaban J connectivity index is 1.85. The van der Waals surface area contributed by atoms with Gasteiger partial charge in [0.1, 0.15) is 0 Å². The minimum absolute atomic E-state index is 0.0522. The largest absolute Gasteiger partial charge is 0.396 e. The van der Waals surface area contributed by atoms with Gasteiger partial charge in [-0.15, -0.1) is 0 Å². The van der Waals surface area contributed by atoms with Gasteiger partial charge in [-0.3, -0.25) is 4.79 Å². The molecule has 122 valence electrons. The molecule has 0 bridgehead atoms. The molecule has 0 radical (unpaired) electrons. The van der Waals surface area contributed by atoms with Crippen molar-refractivity contribution in [2.75, 3.05) is 20.2 Å². The van der Waals surface area contributed by atoms with Gasteiger partial charge in [0.2, 0.25) is 0 Å². The van der Waals surface area contributed by atoms with E-state index in [-0.39, 0.29) is 17.9 Å². The molecule has 1 saturated carbocycles. The lowest BCUT2D eigenvalue weighted by Gasteiger charge is -2.37. The van der Waals surface area contributed by atoms with Crippen LogP contribution < -0.4 is 10.6 Å². The van der Waals surface area contributed by atoms with E-state index in [9.17, 15) is 9.90 Å². The Morgan fingerprint density at radius 1 is 1.18 bits per heavy atom. The van der Waals surface area contributed by atoms with E-state index in [4.69, 9.17) is 0 Å². The van der Waals surface area contributed by atoms with Crippen LogP contribution in [-0.2, 0) is 6.54 Å². The standard InChI is InChI=1S/C18H28N2O2/c1-19-17(22)16-7-5-15(6-8-16)13-20-14-18(11-12-21)9-3-2-4-10-18/h5-8,20-21H,2-4,9-14H2,1H3,(H,19,22). The maximum Gasteiger partial charge on any atom is 0.251 e. The van der Waals surface area contributed by atoms with Gasteiger partial charge < -0.3 is 15.7 Å². The Kier molecular flexibility index (Phi) is 6.40. The number of carbonyl (C=O) groups is 1. The van der Waals surface area contributed by atoms with Crippen molar-refractivity contribution in [3.63, 3.8) is 0 Å². The Morgan fingerprint density at radius 3 is 2.45 bits per heavy atom. The predicted octanol–water partition coefficient (Wildman–Crippen LogP) is 2.47. The molecule has 0 aromatic heterocycles. The zero-order valence-corrected chi connectivity index (χ0v) is 13.5. The van der Waals surface area contributed by atoms with Crippen LogP contribution in [0.15, 0.2) is 24.3 Å². The summed E-state index contributed by atoms with van der Waals surface area (Å²) in [5, 5.41) is 15.5. The van der Waals surface area contributed by atoms with Crippen LogP contribution in [0.3, 0.4) is 0 Å². The molecule has 1 aromatic carbocycles. The second-order valence-electron chi connectivity index (χ2n) is 6.41. The molecular weight excluding hydrogens is 276 g/mol. The number of nitrogens with one attached hydrogen (secondary N) is 2. The van der Waals surface area contributed by atoms with E-state index in [0.29, 0.717) is 5.56 Å². The Hall–Kier alpha value is -1.39. The second-order valence-corrected chi connectivity index (χ2v) is 6.41. The summed E-state index contributed by atoms with van der Waals surface area (Å²) in [6.45, 7) is 2.05. The lowest BCUT2D eigenvalue weighted by molar-refractivity contribution is 0.0963. The highest BCUT2D eigenvalue weighted by atomic mass is 16.3. The van der Waals surface area contributed by atoms with Gasteiger partial charge in [0.05, 0.1) is 0 Å². The smallest absolute Gasteiger partial charge is 0.251 e. The molecule has 22 heavy (non-hydrogen) atoms. The van der Waals surface area contributed by atoms with E-state index < -0.39 is 0 Å². The van der Waals surface area contributed by atoms with E-state index in [2.05, 4.69) is 10.6 Å². The van der Waals surface area contributed by atoms with Crippen molar-refractivity contribution >= 4 is 5.91 Å². The van der Waals surface area contributed by atoms with Crippen LogP contribution in [0.5, 0.6) is 0 Å². The molecule has 0 spiro atoms. The molecule has 0 aliphatic heterocycles. The molecule has 1 amide bonds. The zero-order valence-electron chi connectivity index (χ0n) is 13.5. The third kappa shape index (κ3) is 4.55. The molecule has 2 rings (SSSR count). The molecule has 1 aliphatic rings. The van der Waals surface area contributed by atoms with Gasteiger partial charge in [-0.1, -0.05) is 31.4 Å². The number of aliphatic hydroxyl groups excluding tert-OH is 1. The summed E-state index contributed by atoms with van der Waals surface area (Å²) >= 11 is 0. The highest BCUT2D eigenvalue weighted by Crippen LogP contribution is 2.38. The van der Waals surface area contributed by atoms with Crippen molar-refractivity contribution in [2.24, 2.45) is 5.41 Å². The van der Waals surface area contributed by atoms with Crippen LogP contribution in [-0.4, -0.2) is 31.2 Å². The fourth-order valence-electron chi connectivity index (χ4n) is 3.44. The quantitative estimate of drug-likeness (QED) is 0.725. The predicted molar refractivity (Wildman–Crippen MR) is 88.8 cm³/mol. The Morgan fingerprint density at radius 2 is 1.86 bits per heavy atom. The molecule has 0 heterocycles. The van der Waals surface area contributed by atoms with Crippen LogP contribution in [0.25, 0.3) is 0 Å². The number of carbonyl (C=O) groups excluding carboxylic acids is 1. The highest BCUT2D eigenvalue weighted by molar-refractivity contribution is 5.93. The summed E-state index contributed by atoms with van der Waals surface area (Å²) in [4.78, 5) is 11.5. The van der Waals surface area contributed by atoms with E-state index >= 15 is 0 Å². The van der Waals surface area contributed by atoms with Crippen LogP contribution >= 0.6 is 0 Å².